The predicted octanol–water partition coefficient (Wildman–Crippen LogP) is -0.775. The highest BCUT2D eigenvalue weighted by Crippen LogP contribution is 2.20. The van der Waals surface area contributed by atoms with Crippen LogP contribution in [0.2, 0.25) is 0 Å². The number of aliphatic imine (C=N–C) groups is 1. The number of phenolic OH excluding ortho intramolecular Hbond substituents is 1. The van der Waals surface area contributed by atoms with Gasteiger partial charge in [0.2, 0.25) is 11.8 Å². The van der Waals surface area contributed by atoms with Crippen molar-refractivity contribution < 1.29 is 24.2 Å². The Kier molecular flexibility index (Phi) is 10.6. The minimum Gasteiger partial charge on any atom is -0.508 e. The van der Waals surface area contributed by atoms with Crippen LogP contribution in [-0.4, -0.2) is 79.0 Å². The van der Waals surface area contributed by atoms with Crippen molar-refractivity contribution in [2.45, 2.75) is 50.4 Å². The van der Waals surface area contributed by atoms with Crippen molar-refractivity contribution in [1.82, 2.24) is 15.5 Å². The van der Waals surface area contributed by atoms with E-state index in [1.807, 2.05) is 0 Å². The lowest BCUT2D eigenvalue weighted by atomic mass is 10.1. The highest BCUT2D eigenvalue weighted by Gasteiger charge is 2.34. The van der Waals surface area contributed by atoms with Gasteiger partial charge in [-0.25, -0.2) is 0 Å². The third-order valence-electron chi connectivity index (χ3n) is 5.47. The van der Waals surface area contributed by atoms with Gasteiger partial charge in [0.15, 0.2) is 18.3 Å². The van der Waals surface area contributed by atoms with Crippen molar-refractivity contribution in [2.24, 2.45) is 16.5 Å². The predicted molar refractivity (Wildman–Crippen MR) is 123 cm³/mol. The number of aldehydes is 1. The maximum absolute atomic E-state index is 13.4. The number of benzene rings is 1. The van der Waals surface area contributed by atoms with Crippen LogP contribution < -0.4 is 22.1 Å². The number of para-hydroxylation sites is 1. The fourth-order valence-corrected chi connectivity index (χ4v) is 3.64. The molecule has 1 aliphatic heterocycles. The van der Waals surface area contributed by atoms with Crippen molar-refractivity contribution in [2.75, 3.05) is 26.7 Å². The number of guanidine groups is 1. The summed E-state index contributed by atoms with van der Waals surface area (Å²) in [5, 5.41) is 15.9. The zero-order chi connectivity index (χ0) is 24.2. The van der Waals surface area contributed by atoms with Crippen LogP contribution in [0.5, 0.6) is 5.75 Å². The summed E-state index contributed by atoms with van der Waals surface area (Å²) in [5.41, 5.74) is 11.1. The fraction of sp³-hybridized carbons (Fsp3) is 0.545. The summed E-state index contributed by atoms with van der Waals surface area (Å²) in [6, 6.07) is 4.42. The molecule has 182 valence electrons. The Morgan fingerprint density at radius 2 is 2.12 bits per heavy atom. The number of likely N-dealkylation sites (N-methyl/N-ethyl adjacent to an activating group) is 1. The molecule has 1 fully saturated rings. The molecule has 1 aromatic rings. The first kappa shape index (κ1) is 26.1. The molecule has 0 bridgehead atoms. The average Bonchev–Trinajstić information content (AvgIpc) is 3.32. The number of phenols is 1. The topological polar surface area (TPSA) is 172 Å². The number of ether oxygens (including phenoxy) is 1. The van der Waals surface area contributed by atoms with Crippen LogP contribution in [0, 0.1) is 0 Å². The number of aromatic hydroxyl groups is 1. The van der Waals surface area contributed by atoms with Crippen molar-refractivity contribution in [1.29, 1.82) is 0 Å². The van der Waals surface area contributed by atoms with Gasteiger partial charge in [-0.3, -0.25) is 14.6 Å². The van der Waals surface area contributed by atoms with E-state index in [0.29, 0.717) is 37.8 Å². The van der Waals surface area contributed by atoms with E-state index in [1.165, 1.54) is 11.0 Å². The maximum atomic E-state index is 13.4. The lowest BCUT2D eigenvalue weighted by Crippen LogP contribution is -2.55. The van der Waals surface area contributed by atoms with Gasteiger partial charge in [-0.05, 0) is 38.8 Å². The van der Waals surface area contributed by atoms with Gasteiger partial charge in [0, 0.05) is 25.3 Å². The molecule has 0 saturated carbocycles. The van der Waals surface area contributed by atoms with E-state index in [1.54, 1.807) is 25.2 Å². The van der Waals surface area contributed by atoms with Crippen molar-refractivity contribution in [3.8, 4) is 5.75 Å². The summed E-state index contributed by atoms with van der Waals surface area (Å²) in [5.74, 6) is -1.12. The number of nitrogens with one attached hydrogen (secondary N) is 2. The molecule has 11 nitrogen and oxygen atoms in total. The molecule has 0 radical (unpaired) electrons. The molecule has 7 N–H and O–H groups in total. The molecule has 3 unspecified atom stereocenters. The zero-order valence-corrected chi connectivity index (χ0v) is 18.9. The van der Waals surface area contributed by atoms with Gasteiger partial charge >= 0.3 is 0 Å². The van der Waals surface area contributed by atoms with Crippen LogP contribution in [0.15, 0.2) is 29.3 Å². The second-order valence-electron chi connectivity index (χ2n) is 7.85. The largest absolute Gasteiger partial charge is 0.508 e. The van der Waals surface area contributed by atoms with Crippen molar-refractivity contribution >= 4 is 24.1 Å². The summed E-state index contributed by atoms with van der Waals surface area (Å²) in [4.78, 5) is 43.4. The van der Waals surface area contributed by atoms with Crippen LogP contribution in [-0.2, 0) is 25.7 Å². The molecule has 0 aromatic heterocycles. The first-order valence-corrected chi connectivity index (χ1v) is 11.0. The number of hydrogen-bond donors (Lipinski definition) is 5. The third-order valence-corrected chi connectivity index (χ3v) is 5.47. The number of carbonyl (C=O) groups is 3. The molecule has 0 spiro atoms. The van der Waals surface area contributed by atoms with Crippen LogP contribution in [0.3, 0.4) is 0 Å². The SMILES string of the molecule is CNC(CCCN=C(N)N)C(=O)N(Cc1ccccc1O)C(C=O)C(=O)NCC1CCCO1. The Labute approximate surface area is 193 Å². The molecule has 2 amide bonds. The number of rotatable bonds is 13. The van der Waals surface area contributed by atoms with Gasteiger partial charge in [0.1, 0.15) is 5.75 Å². The average molecular weight is 463 g/mol. The van der Waals surface area contributed by atoms with E-state index in [-0.39, 0.29) is 30.9 Å². The lowest BCUT2D eigenvalue weighted by molar-refractivity contribution is -0.145. The minimum absolute atomic E-state index is 0.0338. The molecule has 1 saturated heterocycles. The molecule has 1 heterocycles. The van der Waals surface area contributed by atoms with Gasteiger partial charge in [0.05, 0.1) is 18.7 Å². The zero-order valence-electron chi connectivity index (χ0n) is 18.9. The summed E-state index contributed by atoms with van der Waals surface area (Å²) in [6.07, 6.45) is 2.96. The molecule has 33 heavy (non-hydrogen) atoms. The van der Waals surface area contributed by atoms with Crippen LogP contribution in [0.4, 0.5) is 0 Å². The van der Waals surface area contributed by atoms with Gasteiger partial charge in [-0.1, -0.05) is 18.2 Å². The molecule has 11 heteroatoms. The molecule has 0 aliphatic carbocycles. The Hall–Kier alpha value is -3.18. The third kappa shape index (κ3) is 8.03. The van der Waals surface area contributed by atoms with E-state index in [4.69, 9.17) is 16.2 Å². The van der Waals surface area contributed by atoms with Crippen LogP contribution in [0.1, 0.15) is 31.2 Å². The summed E-state index contributed by atoms with van der Waals surface area (Å²) in [6.45, 7) is 1.12. The van der Waals surface area contributed by atoms with Crippen LogP contribution >= 0.6 is 0 Å². The highest BCUT2D eigenvalue weighted by atomic mass is 16.5. The summed E-state index contributed by atoms with van der Waals surface area (Å²) >= 11 is 0. The van der Waals surface area contributed by atoms with E-state index in [0.717, 1.165) is 12.8 Å². The Morgan fingerprint density at radius 1 is 1.36 bits per heavy atom. The highest BCUT2D eigenvalue weighted by molar-refractivity contribution is 6.00. The van der Waals surface area contributed by atoms with Crippen molar-refractivity contribution in [3.05, 3.63) is 29.8 Å². The molecule has 1 aromatic carbocycles. The molecule has 3 atom stereocenters. The second kappa shape index (κ2) is 13.4. The molecule has 1 aliphatic rings. The van der Waals surface area contributed by atoms with E-state index in [2.05, 4.69) is 15.6 Å². The van der Waals surface area contributed by atoms with Crippen molar-refractivity contribution in [3.63, 3.8) is 0 Å². The number of nitrogens with two attached hydrogens (primary N) is 2. The standard InChI is InChI=1S/C22H34N6O5/c1-25-17(8-4-10-26-22(23)24)21(32)28(13-15-6-2-3-9-19(15)30)18(14-29)20(31)27-12-16-7-5-11-33-16/h2-3,6,9,14,16-18,25,30H,4-5,7-8,10-13H2,1H3,(H,27,31)(H4,23,24,26). The van der Waals surface area contributed by atoms with E-state index < -0.39 is 23.9 Å². The number of hydrogen-bond acceptors (Lipinski definition) is 7. The van der Waals surface area contributed by atoms with Gasteiger partial charge in [-0.2, -0.15) is 0 Å². The Bertz CT molecular complexity index is 823. The monoisotopic (exact) mass is 462 g/mol. The number of amides is 2. The van der Waals surface area contributed by atoms with E-state index in [9.17, 15) is 19.5 Å². The normalized spacial score (nSPS) is 17.1. The minimum atomic E-state index is -1.37. The number of nitrogens with zero attached hydrogens (tertiary/aromatic N) is 2. The summed E-state index contributed by atoms with van der Waals surface area (Å²) < 4.78 is 5.51. The van der Waals surface area contributed by atoms with Gasteiger partial charge in [0.25, 0.3) is 0 Å². The van der Waals surface area contributed by atoms with Gasteiger partial charge < -0.3 is 41.6 Å². The lowest BCUT2D eigenvalue weighted by Gasteiger charge is -2.31. The first-order valence-electron chi connectivity index (χ1n) is 11.0. The second-order valence-corrected chi connectivity index (χ2v) is 7.85. The maximum Gasteiger partial charge on any atom is 0.250 e. The Morgan fingerprint density at radius 3 is 2.73 bits per heavy atom. The van der Waals surface area contributed by atoms with E-state index >= 15 is 0 Å². The van der Waals surface area contributed by atoms with Gasteiger partial charge in [-0.15, -0.1) is 0 Å². The first-order chi connectivity index (χ1) is 15.9. The smallest absolute Gasteiger partial charge is 0.250 e. The fourth-order valence-electron chi connectivity index (χ4n) is 3.64. The Balaban J connectivity index is 2.19. The van der Waals surface area contributed by atoms with Crippen LogP contribution in [0.25, 0.3) is 0 Å². The number of carbonyl (C=O) groups excluding carboxylic acids is 3. The molecular weight excluding hydrogens is 428 g/mol. The quantitative estimate of drug-likeness (QED) is 0.0835. The summed E-state index contributed by atoms with van der Waals surface area (Å²) in [7, 11) is 1.62. The molecular formula is C22H34N6O5. The molecule has 2 rings (SSSR count).